The maximum Gasteiger partial charge on any atom is 0.408 e. The van der Waals surface area contributed by atoms with E-state index in [1.165, 1.54) is 12.1 Å². The third-order valence-electron chi connectivity index (χ3n) is 12.0. The monoisotopic (exact) mass is 814 g/mol. The Kier molecular flexibility index (Phi) is 11.9. The number of rotatable bonds is 14. The van der Waals surface area contributed by atoms with Crippen LogP contribution in [-0.4, -0.2) is 113 Å². The molecule has 14 nitrogen and oxygen atoms in total. The summed E-state index contributed by atoms with van der Waals surface area (Å²) in [5.74, 6) is 0.634. The number of aromatic amines is 1. The molecule has 4 aliphatic heterocycles. The molecule has 3 amide bonds. The lowest BCUT2D eigenvalue weighted by molar-refractivity contribution is -0.0404. The lowest BCUT2D eigenvalue weighted by atomic mass is 9.82. The van der Waals surface area contributed by atoms with Gasteiger partial charge in [-0.2, -0.15) is 0 Å². The van der Waals surface area contributed by atoms with Crippen LogP contribution in [-0.2, 0) is 16.9 Å². The lowest BCUT2D eigenvalue weighted by Crippen LogP contribution is -2.69. The third-order valence-corrected chi connectivity index (χ3v) is 12.0. The number of hydrogen-bond acceptors (Lipinski definition) is 10. The van der Waals surface area contributed by atoms with Crippen LogP contribution in [0.5, 0.6) is 11.5 Å². The summed E-state index contributed by atoms with van der Waals surface area (Å²) < 4.78 is 12.0. The van der Waals surface area contributed by atoms with Crippen molar-refractivity contribution in [3.05, 3.63) is 141 Å². The fourth-order valence-electron chi connectivity index (χ4n) is 8.50. The van der Waals surface area contributed by atoms with E-state index in [0.717, 1.165) is 43.6 Å². The van der Waals surface area contributed by atoms with Gasteiger partial charge in [0.1, 0.15) is 29.7 Å². The van der Waals surface area contributed by atoms with Gasteiger partial charge in [0.05, 0.1) is 24.7 Å². The van der Waals surface area contributed by atoms with E-state index in [1.807, 2.05) is 42.5 Å². The van der Waals surface area contributed by atoms with E-state index in [-0.39, 0.29) is 47.9 Å². The van der Waals surface area contributed by atoms with Crippen LogP contribution in [0, 0.1) is 5.92 Å². The van der Waals surface area contributed by atoms with Crippen LogP contribution in [0.25, 0.3) is 10.9 Å². The van der Waals surface area contributed by atoms with Crippen molar-refractivity contribution >= 4 is 28.8 Å². The molecule has 14 heteroatoms. The zero-order valence-electron chi connectivity index (χ0n) is 33.5. The molecule has 4 fully saturated rings. The van der Waals surface area contributed by atoms with Gasteiger partial charge in [-0.15, -0.1) is 0 Å². The molecule has 9 rings (SSSR count). The number of H-pyrrole nitrogens is 1. The zero-order valence-corrected chi connectivity index (χ0v) is 33.5. The Bertz CT molecular complexity index is 2380. The van der Waals surface area contributed by atoms with Gasteiger partial charge in [-0.25, -0.2) is 4.79 Å². The number of phenols is 1. The Balaban J connectivity index is 0.783. The number of carbonyl (C=O) groups is 3. The number of aromatic hydroxyl groups is 1. The Morgan fingerprint density at radius 1 is 0.917 bits per heavy atom. The number of benzene rings is 4. The number of amides is 3. The fourth-order valence-corrected chi connectivity index (χ4v) is 8.50. The Morgan fingerprint density at radius 2 is 1.63 bits per heavy atom. The minimum Gasteiger partial charge on any atom is -0.506 e. The maximum absolute atomic E-state index is 13.5. The molecular weight excluding hydrogens is 765 g/mol. The van der Waals surface area contributed by atoms with Crippen molar-refractivity contribution in [3.8, 4) is 11.5 Å². The largest absolute Gasteiger partial charge is 0.506 e. The first kappa shape index (κ1) is 40.6. The summed E-state index contributed by atoms with van der Waals surface area (Å²) in [6, 6.07) is 29.9. The highest BCUT2D eigenvalue weighted by Crippen LogP contribution is 2.35. The SMILES string of the molecule is CN(CCNC[C@H](O)c1ccc(O)c2[nH]c(=O)ccc12)C(=O)c1ccc(COc2ccc(C(=O)N3CC(NC(=O)O[C@H]4CN5CCC4CC5)(c4ccccc4)C3)cc2)cc1. The third kappa shape index (κ3) is 8.86. The van der Waals surface area contributed by atoms with E-state index in [2.05, 4.69) is 20.5 Å². The van der Waals surface area contributed by atoms with Gasteiger partial charge >= 0.3 is 6.09 Å². The molecule has 2 bridgehead atoms. The average molecular weight is 815 g/mol. The van der Waals surface area contributed by atoms with Gasteiger partial charge in [0.25, 0.3) is 11.8 Å². The van der Waals surface area contributed by atoms with E-state index in [0.29, 0.717) is 59.9 Å². The Labute approximate surface area is 347 Å². The first-order valence-electron chi connectivity index (χ1n) is 20.4. The number of nitrogens with one attached hydrogen (secondary N) is 3. The molecule has 1 aromatic heterocycles. The molecule has 5 N–H and O–H groups in total. The highest BCUT2D eigenvalue weighted by Gasteiger charge is 2.49. The van der Waals surface area contributed by atoms with Crippen molar-refractivity contribution in [1.29, 1.82) is 0 Å². The van der Waals surface area contributed by atoms with E-state index in [4.69, 9.17) is 9.47 Å². The molecule has 4 aromatic carbocycles. The van der Waals surface area contributed by atoms with Crippen molar-refractivity contribution in [3.63, 3.8) is 0 Å². The van der Waals surface area contributed by atoms with Gasteiger partial charge < -0.3 is 45.1 Å². The summed E-state index contributed by atoms with van der Waals surface area (Å²) in [6.07, 6.45) is 0.648. The van der Waals surface area contributed by atoms with Crippen LogP contribution in [0.1, 0.15) is 56.4 Å². The standard InChI is InChI=1S/C46H50N6O8/c1-50(24-21-47-25-39(54)36-15-17-38(53)42-37(36)16-18-41(55)48-42)43(56)32-9-7-30(8-10-32)27-59-35-13-11-33(12-14-35)44(57)52-28-46(29-52,34-5-3-2-4-6-34)49-45(58)60-40-26-51-22-19-31(40)20-23-51/h2-18,31,39-40,47,53-54H,19-29H2,1H3,(H,48,55)(H,49,58)/t39-,40-/m0/s1. The highest BCUT2D eigenvalue weighted by atomic mass is 16.6. The molecule has 312 valence electrons. The van der Waals surface area contributed by atoms with Crippen LogP contribution in [0.3, 0.4) is 0 Å². The topological polar surface area (TPSA) is 177 Å². The number of aliphatic hydroxyl groups excluding tert-OH is 1. The number of phenolic OH excluding ortho intramolecular Hbond substituents is 1. The van der Waals surface area contributed by atoms with E-state index in [1.54, 1.807) is 65.4 Å². The molecule has 2 atom stereocenters. The molecule has 0 saturated carbocycles. The number of fused-ring (bicyclic) bond motifs is 4. The number of aliphatic hydroxyl groups is 1. The minimum absolute atomic E-state index is 0.0723. The first-order valence-corrected chi connectivity index (χ1v) is 20.4. The second kappa shape index (κ2) is 17.6. The summed E-state index contributed by atoms with van der Waals surface area (Å²) in [4.78, 5) is 59.9. The Morgan fingerprint density at radius 3 is 2.33 bits per heavy atom. The summed E-state index contributed by atoms with van der Waals surface area (Å²) in [7, 11) is 1.71. The van der Waals surface area contributed by atoms with Gasteiger partial charge in [-0.1, -0.05) is 48.5 Å². The van der Waals surface area contributed by atoms with Crippen LogP contribution >= 0.6 is 0 Å². The molecule has 4 saturated heterocycles. The van der Waals surface area contributed by atoms with Crippen LogP contribution < -0.4 is 20.9 Å². The number of likely N-dealkylation sites (tertiary alicyclic amines) is 1. The summed E-state index contributed by atoms with van der Waals surface area (Å²) in [5.41, 5.74) is 2.59. The summed E-state index contributed by atoms with van der Waals surface area (Å²) in [6.45, 7) is 4.86. The number of ether oxygens (including phenoxy) is 2. The lowest BCUT2D eigenvalue weighted by Gasteiger charge is -2.51. The molecule has 5 aromatic rings. The van der Waals surface area contributed by atoms with Crippen molar-refractivity contribution in [2.24, 2.45) is 5.92 Å². The smallest absolute Gasteiger partial charge is 0.408 e. The van der Waals surface area contributed by atoms with Gasteiger partial charge in [-0.3, -0.25) is 19.3 Å². The number of piperidine rings is 3. The van der Waals surface area contributed by atoms with Gasteiger partial charge in [0.15, 0.2) is 0 Å². The van der Waals surface area contributed by atoms with Crippen molar-refractivity contribution in [2.45, 2.75) is 37.2 Å². The van der Waals surface area contributed by atoms with Gasteiger partial charge in [-0.05, 0) is 97.1 Å². The van der Waals surface area contributed by atoms with E-state index >= 15 is 0 Å². The van der Waals surface area contributed by atoms with Gasteiger partial charge in [0, 0.05) is 55.8 Å². The maximum atomic E-state index is 13.5. The van der Waals surface area contributed by atoms with Crippen molar-refractivity contribution in [1.82, 2.24) is 30.3 Å². The molecule has 0 radical (unpaired) electrons. The van der Waals surface area contributed by atoms with Crippen LogP contribution in [0.4, 0.5) is 4.79 Å². The normalized spacial score (nSPS) is 19.6. The zero-order chi connectivity index (χ0) is 41.8. The molecule has 0 spiro atoms. The van der Waals surface area contributed by atoms with Gasteiger partial charge in [0.2, 0.25) is 5.56 Å². The van der Waals surface area contributed by atoms with Crippen molar-refractivity contribution < 1.29 is 34.1 Å². The number of nitrogens with zero attached hydrogens (tertiary/aromatic N) is 3. The average Bonchev–Trinajstić information content (AvgIpc) is 3.26. The predicted octanol–water partition coefficient (Wildman–Crippen LogP) is 4.38. The van der Waals surface area contributed by atoms with Crippen LogP contribution in [0.2, 0.25) is 0 Å². The molecule has 60 heavy (non-hydrogen) atoms. The second-order valence-electron chi connectivity index (χ2n) is 16.1. The summed E-state index contributed by atoms with van der Waals surface area (Å²) in [5, 5.41) is 27.8. The predicted molar refractivity (Wildman–Crippen MR) is 225 cm³/mol. The quantitative estimate of drug-likeness (QED) is 0.101. The molecule has 5 heterocycles. The van der Waals surface area contributed by atoms with Crippen molar-refractivity contribution in [2.75, 3.05) is 59.4 Å². The second-order valence-corrected chi connectivity index (χ2v) is 16.1. The molecule has 0 aliphatic carbocycles. The van der Waals surface area contributed by atoms with E-state index in [9.17, 15) is 29.4 Å². The number of carbonyl (C=O) groups excluding carboxylic acids is 3. The Hall–Kier alpha value is -6.22. The fraction of sp³-hybridized carbons (Fsp3) is 0.348. The number of hydrogen-bond donors (Lipinski definition) is 5. The highest BCUT2D eigenvalue weighted by molar-refractivity contribution is 5.95. The number of alkyl carbamates (subject to hydrolysis) is 1. The number of aromatic nitrogens is 1. The molecule has 0 unspecified atom stereocenters. The first-order chi connectivity index (χ1) is 29.0. The minimum atomic E-state index is -0.899. The number of pyridine rings is 1. The number of likely N-dealkylation sites (N-methyl/N-ethyl adjacent to an activating group) is 1. The van der Waals surface area contributed by atoms with Crippen LogP contribution in [0.15, 0.2) is 108 Å². The molecule has 4 aliphatic rings. The van der Waals surface area contributed by atoms with E-state index < -0.39 is 17.7 Å². The summed E-state index contributed by atoms with van der Waals surface area (Å²) >= 11 is 0. The molecular formula is C46H50N6O8.